The summed E-state index contributed by atoms with van der Waals surface area (Å²) in [6.45, 7) is -0.114. The van der Waals surface area contributed by atoms with E-state index in [1.54, 1.807) is 24.3 Å². The first kappa shape index (κ1) is 16.1. The van der Waals surface area contributed by atoms with Crippen LogP contribution < -0.4 is 9.47 Å². The number of hydrogen-bond acceptors (Lipinski definition) is 5. The second-order valence-electron chi connectivity index (χ2n) is 4.86. The van der Waals surface area contributed by atoms with Gasteiger partial charge in [-0.05, 0) is 29.8 Å². The van der Waals surface area contributed by atoms with Crippen molar-refractivity contribution in [2.75, 3.05) is 13.7 Å². The van der Waals surface area contributed by atoms with Gasteiger partial charge in [-0.3, -0.25) is 0 Å². The largest absolute Gasteiger partial charge is 0.504 e. The Kier molecular flexibility index (Phi) is 5.63. The van der Waals surface area contributed by atoms with Crippen LogP contribution in [-0.4, -0.2) is 35.1 Å². The Labute approximate surface area is 129 Å². The van der Waals surface area contributed by atoms with Crippen molar-refractivity contribution in [1.82, 2.24) is 0 Å². The lowest BCUT2D eigenvalue weighted by atomic mass is 10.0. The summed E-state index contributed by atoms with van der Waals surface area (Å²) in [7, 11) is 1.46. The molecule has 0 saturated heterocycles. The van der Waals surface area contributed by atoms with Crippen LogP contribution in [0.3, 0.4) is 0 Å². The minimum atomic E-state index is -0.982. The highest BCUT2D eigenvalue weighted by Crippen LogP contribution is 2.31. The number of hydrogen-bond donors (Lipinski definition) is 3. The summed E-state index contributed by atoms with van der Waals surface area (Å²) >= 11 is 0. The molecular weight excluding hydrogens is 284 g/mol. The van der Waals surface area contributed by atoms with E-state index in [0.717, 1.165) is 0 Å². The number of aromatic hydroxyl groups is 1. The van der Waals surface area contributed by atoms with Crippen LogP contribution in [0.15, 0.2) is 48.5 Å². The number of phenols is 1. The molecule has 2 aromatic rings. The Bertz CT molecular complexity index is 585. The lowest BCUT2D eigenvalue weighted by Gasteiger charge is -2.24. The Hall–Kier alpha value is -2.24. The van der Waals surface area contributed by atoms with E-state index in [1.165, 1.54) is 13.2 Å². The van der Waals surface area contributed by atoms with Crippen molar-refractivity contribution < 1.29 is 24.8 Å². The van der Waals surface area contributed by atoms with Gasteiger partial charge in [-0.1, -0.05) is 24.3 Å². The number of aliphatic hydroxyl groups excluding tert-OH is 2. The first-order valence-electron chi connectivity index (χ1n) is 7.03. The molecule has 5 nitrogen and oxygen atoms in total. The molecule has 0 aliphatic heterocycles. The fourth-order valence-electron chi connectivity index (χ4n) is 2.19. The molecule has 0 spiro atoms. The fraction of sp³-hybridized carbons (Fsp3) is 0.294. The summed E-state index contributed by atoms with van der Waals surface area (Å²) in [5, 5.41) is 29.5. The third kappa shape index (κ3) is 3.90. The van der Waals surface area contributed by atoms with E-state index < -0.39 is 12.2 Å². The number of ether oxygens (including phenoxy) is 2. The van der Waals surface area contributed by atoms with Crippen molar-refractivity contribution in [2.45, 2.75) is 18.6 Å². The van der Waals surface area contributed by atoms with Crippen molar-refractivity contribution in [3.63, 3.8) is 0 Å². The smallest absolute Gasteiger partial charge is 0.160 e. The molecule has 3 N–H and O–H groups in total. The molecular formula is C17H20O5. The van der Waals surface area contributed by atoms with Gasteiger partial charge in [0.15, 0.2) is 11.5 Å². The fourth-order valence-corrected chi connectivity index (χ4v) is 2.19. The second-order valence-corrected chi connectivity index (χ2v) is 4.86. The molecule has 118 valence electrons. The van der Waals surface area contributed by atoms with Gasteiger partial charge in [-0.15, -0.1) is 0 Å². The van der Waals surface area contributed by atoms with E-state index in [2.05, 4.69) is 0 Å². The average Bonchev–Trinajstić information content (AvgIpc) is 2.54. The second kappa shape index (κ2) is 7.68. The summed E-state index contributed by atoms with van der Waals surface area (Å²) in [5.41, 5.74) is 0.493. The Morgan fingerprint density at radius 2 is 1.82 bits per heavy atom. The van der Waals surface area contributed by atoms with E-state index in [-0.39, 0.29) is 18.8 Å². The predicted octanol–water partition coefficient (Wildman–Crippen LogP) is 2.26. The van der Waals surface area contributed by atoms with Crippen LogP contribution in [0.4, 0.5) is 0 Å². The zero-order chi connectivity index (χ0) is 15.9. The van der Waals surface area contributed by atoms with E-state index in [0.29, 0.717) is 17.1 Å². The normalized spacial score (nSPS) is 13.4. The maximum atomic E-state index is 10.5. The molecule has 0 aliphatic rings. The predicted molar refractivity (Wildman–Crippen MR) is 82.2 cm³/mol. The van der Waals surface area contributed by atoms with Gasteiger partial charge in [0.2, 0.25) is 0 Å². The number of rotatable bonds is 7. The minimum absolute atomic E-state index is 0.0542. The lowest BCUT2D eigenvalue weighted by Crippen LogP contribution is -2.26. The number of benzene rings is 2. The van der Waals surface area contributed by atoms with Gasteiger partial charge >= 0.3 is 0 Å². The Morgan fingerprint density at radius 3 is 2.41 bits per heavy atom. The van der Waals surface area contributed by atoms with Crippen LogP contribution in [0.25, 0.3) is 0 Å². The SMILES string of the molecule is COc1ccc([C@@H](O)[C@@H](CCO)Oc2ccccc2)cc1O. The molecule has 0 aliphatic carbocycles. The molecule has 2 aromatic carbocycles. The zero-order valence-electron chi connectivity index (χ0n) is 12.3. The van der Waals surface area contributed by atoms with Gasteiger partial charge in [-0.2, -0.15) is 0 Å². The monoisotopic (exact) mass is 304 g/mol. The van der Waals surface area contributed by atoms with Gasteiger partial charge in [0.05, 0.1) is 7.11 Å². The number of para-hydroxylation sites is 1. The summed E-state index contributed by atoms with van der Waals surface area (Å²) in [4.78, 5) is 0. The minimum Gasteiger partial charge on any atom is -0.504 e. The van der Waals surface area contributed by atoms with Gasteiger partial charge < -0.3 is 24.8 Å². The highest BCUT2D eigenvalue weighted by Gasteiger charge is 2.23. The number of phenolic OH excluding ortho intramolecular Hbond substituents is 1. The molecule has 0 fully saturated rings. The molecule has 2 atom stereocenters. The van der Waals surface area contributed by atoms with Crippen molar-refractivity contribution in [3.05, 3.63) is 54.1 Å². The Balaban J connectivity index is 2.18. The third-order valence-corrected chi connectivity index (χ3v) is 3.34. The van der Waals surface area contributed by atoms with Crippen LogP contribution in [0.2, 0.25) is 0 Å². The zero-order valence-corrected chi connectivity index (χ0v) is 12.3. The van der Waals surface area contributed by atoms with Crippen LogP contribution in [0.1, 0.15) is 18.1 Å². The third-order valence-electron chi connectivity index (χ3n) is 3.34. The van der Waals surface area contributed by atoms with E-state index in [9.17, 15) is 15.3 Å². The summed E-state index contributed by atoms with van der Waals surface area (Å²) in [6, 6.07) is 13.8. The van der Waals surface area contributed by atoms with Gasteiger partial charge in [0, 0.05) is 13.0 Å². The Morgan fingerprint density at radius 1 is 1.09 bits per heavy atom. The van der Waals surface area contributed by atoms with Crippen molar-refractivity contribution >= 4 is 0 Å². The average molecular weight is 304 g/mol. The quantitative estimate of drug-likeness (QED) is 0.731. The van der Waals surface area contributed by atoms with Gasteiger partial charge in [0.1, 0.15) is 18.0 Å². The van der Waals surface area contributed by atoms with Crippen molar-refractivity contribution in [3.8, 4) is 17.2 Å². The highest BCUT2D eigenvalue weighted by atomic mass is 16.5. The first-order chi connectivity index (χ1) is 10.7. The highest BCUT2D eigenvalue weighted by molar-refractivity contribution is 5.42. The summed E-state index contributed by atoms with van der Waals surface area (Å²) < 4.78 is 10.7. The molecule has 2 rings (SSSR count). The first-order valence-corrected chi connectivity index (χ1v) is 7.03. The van der Waals surface area contributed by atoms with Crippen LogP contribution >= 0.6 is 0 Å². The molecule has 0 saturated carbocycles. The van der Waals surface area contributed by atoms with Crippen LogP contribution in [0.5, 0.6) is 17.2 Å². The van der Waals surface area contributed by atoms with E-state index in [4.69, 9.17) is 9.47 Å². The van der Waals surface area contributed by atoms with Crippen LogP contribution in [0, 0.1) is 0 Å². The maximum absolute atomic E-state index is 10.5. The standard InChI is InChI=1S/C17H20O5/c1-21-15-8-7-12(11-14(15)19)17(20)16(9-10-18)22-13-5-3-2-4-6-13/h2-8,11,16-20H,9-10H2,1H3/t16-,17-/m1/s1. The number of methoxy groups -OCH3 is 1. The molecule has 0 unspecified atom stereocenters. The molecule has 0 aromatic heterocycles. The van der Waals surface area contributed by atoms with E-state index in [1.807, 2.05) is 18.2 Å². The lowest BCUT2D eigenvalue weighted by molar-refractivity contribution is 0.0203. The maximum Gasteiger partial charge on any atom is 0.160 e. The van der Waals surface area contributed by atoms with Crippen molar-refractivity contribution in [2.24, 2.45) is 0 Å². The van der Waals surface area contributed by atoms with E-state index >= 15 is 0 Å². The summed E-state index contributed by atoms with van der Waals surface area (Å²) in [6.07, 6.45) is -1.34. The molecule has 5 heteroatoms. The van der Waals surface area contributed by atoms with Crippen molar-refractivity contribution in [1.29, 1.82) is 0 Å². The number of aliphatic hydroxyl groups is 2. The van der Waals surface area contributed by atoms with Crippen LogP contribution in [-0.2, 0) is 0 Å². The van der Waals surface area contributed by atoms with Gasteiger partial charge in [0.25, 0.3) is 0 Å². The molecule has 0 bridgehead atoms. The molecule has 0 heterocycles. The topological polar surface area (TPSA) is 79.2 Å². The molecule has 22 heavy (non-hydrogen) atoms. The molecule has 0 radical (unpaired) electrons. The van der Waals surface area contributed by atoms with Gasteiger partial charge in [-0.25, -0.2) is 0 Å². The molecule has 0 amide bonds. The summed E-state index contributed by atoms with van der Waals surface area (Å²) in [5.74, 6) is 0.887.